The number of rotatable bonds is 8. The molecule has 1 atom stereocenters. The maximum atomic E-state index is 12.0. The lowest BCUT2D eigenvalue weighted by atomic mass is 10.2. The van der Waals surface area contributed by atoms with E-state index < -0.39 is 7.60 Å². The predicted octanol–water partition coefficient (Wildman–Crippen LogP) is 3.69. The van der Waals surface area contributed by atoms with E-state index in [2.05, 4.69) is 6.92 Å². The molecule has 4 heteroatoms. The second-order valence-corrected chi connectivity index (χ2v) is 5.98. The molecule has 0 heterocycles. The third kappa shape index (κ3) is 6.58. The Bertz CT molecular complexity index is 180. The Morgan fingerprint density at radius 1 is 1.21 bits per heavy atom. The van der Waals surface area contributed by atoms with Gasteiger partial charge in [-0.1, -0.05) is 27.2 Å². The molecular formula is C10H23O3P. The van der Waals surface area contributed by atoms with Crippen molar-refractivity contribution >= 4 is 7.60 Å². The standard InChI is InChI=1S/C10H23O3P/c1-5-7-8-14(11,12-6-2)13-9-10(3)4/h10H,5-9H2,1-4H3. The summed E-state index contributed by atoms with van der Waals surface area (Å²) in [5.74, 6) is 0.394. The van der Waals surface area contributed by atoms with Crippen molar-refractivity contribution in [3.63, 3.8) is 0 Å². The summed E-state index contributed by atoms with van der Waals surface area (Å²) < 4.78 is 22.6. The number of unbranched alkanes of at least 4 members (excludes halogenated alkanes) is 1. The third-order valence-corrected chi connectivity index (χ3v) is 3.77. The summed E-state index contributed by atoms with van der Waals surface area (Å²) in [4.78, 5) is 0. The van der Waals surface area contributed by atoms with Gasteiger partial charge in [0.05, 0.1) is 19.4 Å². The van der Waals surface area contributed by atoms with E-state index in [1.54, 1.807) is 0 Å². The lowest BCUT2D eigenvalue weighted by Gasteiger charge is -2.18. The molecule has 3 nitrogen and oxygen atoms in total. The van der Waals surface area contributed by atoms with Gasteiger partial charge >= 0.3 is 7.60 Å². The van der Waals surface area contributed by atoms with Crippen LogP contribution in [0, 0.1) is 5.92 Å². The van der Waals surface area contributed by atoms with E-state index in [9.17, 15) is 4.57 Å². The monoisotopic (exact) mass is 222 g/mol. The van der Waals surface area contributed by atoms with Crippen LogP contribution in [-0.2, 0) is 13.6 Å². The third-order valence-electron chi connectivity index (χ3n) is 1.72. The van der Waals surface area contributed by atoms with Crippen LogP contribution in [0.4, 0.5) is 0 Å². The van der Waals surface area contributed by atoms with E-state index in [1.165, 1.54) is 0 Å². The molecule has 0 saturated heterocycles. The molecule has 0 aromatic rings. The van der Waals surface area contributed by atoms with Crippen LogP contribution in [0.5, 0.6) is 0 Å². The van der Waals surface area contributed by atoms with Gasteiger partial charge in [0, 0.05) is 0 Å². The first kappa shape index (κ1) is 14.2. The highest BCUT2D eigenvalue weighted by atomic mass is 31.2. The van der Waals surface area contributed by atoms with Gasteiger partial charge in [-0.15, -0.1) is 0 Å². The molecule has 0 radical (unpaired) electrons. The van der Waals surface area contributed by atoms with Gasteiger partial charge in [-0.25, -0.2) is 0 Å². The first-order chi connectivity index (χ1) is 6.54. The summed E-state index contributed by atoms with van der Waals surface area (Å²) in [6, 6.07) is 0. The van der Waals surface area contributed by atoms with Crippen molar-refractivity contribution in [3.8, 4) is 0 Å². The first-order valence-corrected chi connectivity index (χ1v) is 7.15. The Morgan fingerprint density at radius 2 is 1.86 bits per heavy atom. The smallest absolute Gasteiger partial charge is 0.309 e. The number of hydrogen-bond donors (Lipinski definition) is 0. The zero-order chi connectivity index (χ0) is 11.0. The van der Waals surface area contributed by atoms with E-state index in [4.69, 9.17) is 9.05 Å². The lowest BCUT2D eigenvalue weighted by molar-refractivity contribution is 0.192. The van der Waals surface area contributed by atoms with E-state index in [-0.39, 0.29) is 0 Å². The van der Waals surface area contributed by atoms with Crippen molar-refractivity contribution in [1.29, 1.82) is 0 Å². The highest BCUT2D eigenvalue weighted by Gasteiger charge is 2.23. The molecule has 0 aliphatic heterocycles. The summed E-state index contributed by atoms with van der Waals surface area (Å²) >= 11 is 0. The van der Waals surface area contributed by atoms with Gasteiger partial charge in [0.25, 0.3) is 0 Å². The zero-order valence-electron chi connectivity index (χ0n) is 9.78. The Kier molecular flexibility index (Phi) is 7.52. The molecule has 0 fully saturated rings. The van der Waals surface area contributed by atoms with Crippen LogP contribution in [0.15, 0.2) is 0 Å². The zero-order valence-corrected chi connectivity index (χ0v) is 10.7. The molecule has 0 aliphatic rings. The minimum atomic E-state index is -2.79. The fraction of sp³-hybridized carbons (Fsp3) is 1.00. The summed E-state index contributed by atoms with van der Waals surface area (Å²) in [6.07, 6.45) is 2.46. The minimum absolute atomic E-state index is 0.394. The SMILES string of the molecule is CCCCP(=O)(OCC)OCC(C)C. The Morgan fingerprint density at radius 3 is 2.29 bits per heavy atom. The fourth-order valence-electron chi connectivity index (χ4n) is 0.977. The molecule has 0 amide bonds. The molecule has 0 rings (SSSR count). The average Bonchev–Trinajstić information content (AvgIpc) is 2.13. The maximum Gasteiger partial charge on any atom is 0.330 e. The highest BCUT2D eigenvalue weighted by Crippen LogP contribution is 2.49. The summed E-state index contributed by atoms with van der Waals surface area (Å²) in [5, 5.41) is 0. The Balaban J connectivity index is 4.02. The predicted molar refractivity (Wildman–Crippen MR) is 59.8 cm³/mol. The minimum Gasteiger partial charge on any atom is -0.309 e. The normalized spacial score (nSPS) is 15.8. The quantitative estimate of drug-likeness (QED) is 0.587. The van der Waals surface area contributed by atoms with Gasteiger partial charge in [-0.3, -0.25) is 4.57 Å². The highest BCUT2D eigenvalue weighted by molar-refractivity contribution is 7.53. The van der Waals surface area contributed by atoms with E-state index in [1.807, 2.05) is 20.8 Å². The summed E-state index contributed by atoms with van der Waals surface area (Å²) in [6.45, 7) is 8.96. The molecule has 0 aromatic heterocycles. The second-order valence-electron chi connectivity index (χ2n) is 3.80. The summed E-state index contributed by atoms with van der Waals surface area (Å²) in [7, 11) is -2.79. The van der Waals surface area contributed by atoms with Crippen LogP contribution < -0.4 is 0 Å². The van der Waals surface area contributed by atoms with Gasteiger partial charge < -0.3 is 9.05 Å². The van der Waals surface area contributed by atoms with Crippen molar-refractivity contribution < 1.29 is 13.6 Å². The lowest BCUT2D eigenvalue weighted by Crippen LogP contribution is -2.05. The molecule has 0 N–H and O–H groups in total. The van der Waals surface area contributed by atoms with Crippen molar-refractivity contribution in [3.05, 3.63) is 0 Å². The average molecular weight is 222 g/mol. The summed E-state index contributed by atoms with van der Waals surface area (Å²) in [5.41, 5.74) is 0. The number of hydrogen-bond acceptors (Lipinski definition) is 3. The van der Waals surface area contributed by atoms with Crippen LogP contribution in [0.3, 0.4) is 0 Å². The van der Waals surface area contributed by atoms with Crippen LogP contribution >= 0.6 is 7.60 Å². The van der Waals surface area contributed by atoms with E-state index in [0.717, 1.165) is 12.8 Å². The largest absolute Gasteiger partial charge is 0.330 e. The Hall–Kier alpha value is 0.150. The van der Waals surface area contributed by atoms with Gasteiger partial charge in [0.1, 0.15) is 0 Å². The fourth-order valence-corrected chi connectivity index (χ4v) is 2.93. The van der Waals surface area contributed by atoms with Crippen molar-refractivity contribution in [1.82, 2.24) is 0 Å². The topological polar surface area (TPSA) is 35.5 Å². The van der Waals surface area contributed by atoms with Gasteiger partial charge in [0.15, 0.2) is 0 Å². The van der Waals surface area contributed by atoms with Gasteiger partial charge in [-0.2, -0.15) is 0 Å². The van der Waals surface area contributed by atoms with Crippen molar-refractivity contribution in [2.24, 2.45) is 5.92 Å². The van der Waals surface area contributed by atoms with Gasteiger partial charge in [-0.05, 0) is 19.3 Å². The van der Waals surface area contributed by atoms with Crippen molar-refractivity contribution in [2.45, 2.75) is 40.5 Å². The molecule has 1 unspecified atom stereocenters. The molecule has 86 valence electrons. The van der Waals surface area contributed by atoms with E-state index >= 15 is 0 Å². The molecular weight excluding hydrogens is 199 g/mol. The maximum absolute atomic E-state index is 12.0. The molecule has 0 saturated carbocycles. The van der Waals surface area contributed by atoms with Crippen molar-refractivity contribution in [2.75, 3.05) is 19.4 Å². The molecule has 0 aliphatic carbocycles. The van der Waals surface area contributed by atoms with E-state index in [0.29, 0.717) is 25.3 Å². The second kappa shape index (κ2) is 7.44. The van der Waals surface area contributed by atoms with Gasteiger partial charge in [0.2, 0.25) is 0 Å². The Labute approximate surface area is 87.7 Å². The van der Waals surface area contributed by atoms with Crippen LogP contribution in [0.25, 0.3) is 0 Å². The van der Waals surface area contributed by atoms with Crippen LogP contribution in [-0.4, -0.2) is 19.4 Å². The molecule has 14 heavy (non-hydrogen) atoms. The van der Waals surface area contributed by atoms with Crippen LogP contribution in [0.2, 0.25) is 0 Å². The molecule has 0 spiro atoms. The first-order valence-electron chi connectivity index (χ1n) is 5.42. The molecule has 0 bridgehead atoms. The molecule has 0 aromatic carbocycles. The van der Waals surface area contributed by atoms with Crippen LogP contribution in [0.1, 0.15) is 40.5 Å².